The molecule has 0 aliphatic rings. The number of aromatic nitrogens is 1. The molecule has 1 heterocycles. The van der Waals surface area contributed by atoms with E-state index in [0.29, 0.717) is 11.7 Å². The summed E-state index contributed by atoms with van der Waals surface area (Å²) >= 11 is 1.45. The third-order valence-corrected chi connectivity index (χ3v) is 4.91. The lowest BCUT2D eigenvalue weighted by Crippen LogP contribution is -2.34. The first-order valence-corrected chi connectivity index (χ1v) is 8.94. The average molecular weight is 357 g/mol. The Labute approximate surface area is 150 Å². The number of anilines is 1. The number of hydrogen-bond donors (Lipinski definition) is 0. The van der Waals surface area contributed by atoms with E-state index in [9.17, 15) is 9.18 Å². The van der Waals surface area contributed by atoms with E-state index in [4.69, 9.17) is 0 Å². The molecule has 1 aromatic heterocycles. The van der Waals surface area contributed by atoms with Crippen molar-refractivity contribution in [3.63, 3.8) is 0 Å². The second-order valence-corrected chi connectivity index (χ2v) is 7.07. The van der Waals surface area contributed by atoms with E-state index in [-0.39, 0.29) is 11.5 Å². The highest BCUT2D eigenvalue weighted by molar-refractivity contribution is 7.22. The third-order valence-electron chi connectivity index (χ3n) is 3.85. The molecule has 6 heteroatoms. The van der Waals surface area contributed by atoms with Gasteiger partial charge in [0.1, 0.15) is 5.82 Å². The molecule has 0 radical (unpaired) electrons. The van der Waals surface area contributed by atoms with Crippen molar-refractivity contribution in [2.45, 2.75) is 6.42 Å². The van der Waals surface area contributed by atoms with Gasteiger partial charge < -0.3 is 4.90 Å². The van der Waals surface area contributed by atoms with Crippen LogP contribution >= 0.6 is 11.3 Å². The molecular formula is C19H20FN3OS. The van der Waals surface area contributed by atoms with Crippen LogP contribution in [0.15, 0.2) is 48.5 Å². The summed E-state index contributed by atoms with van der Waals surface area (Å²) in [6.07, 6.45) is 0.781. The largest absolute Gasteiger partial charge is 0.309 e. The first-order chi connectivity index (χ1) is 12.1. The van der Waals surface area contributed by atoms with Crippen molar-refractivity contribution in [1.82, 2.24) is 9.88 Å². The maximum absolute atomic E-state index is 14.1. The number of hydrogen-bond acceptors (Lipinski definition) is 4. The topological polar surface area (TPSA) is 36.4 Å². The number of fused-ring (bicyclic) bond motifs is 1. The second-order valence-electron chi connectivity index (χ2n) is 6.06. The summed E-state index contributed by atoms with van der Waals surface area (Å²) in [6.45, 7) is 1.33. The van der Waals surface area contributed by atoms with Crippen LogP contribution in [0.3, 0.4) is 0 Å². The molecule has 0 spiro atoms. The Morgan fingerprint density at radius 3 is 2.52 bits per heavy atom. The van der Waals surface area contributed by atoms with Gasteiger partial charge in [0.15, 0.2) is 5.13 Å². The van der Waals surface area contributed by atoms with Crippen molar-refractivity contribution in [1.29, 1.82) is 0 Å². The third kappa shape index (κ3) is 4.03. The first kappa shape index (κ1) is 17.5. The highest BCUT2D eigenvalue weighted by Crippen LogP contribution is 2.30. The number of thiazole rings is 1. The lowest BCUT2D eigenvalue weighted by Gasteiger charge is -2.21. The van der Waals surface area contributed by atoms with Gasteiger partial charge in [-0.3, -0.25) is 9.69 Å². The molecule has 0 bridgehead atoms. The Kier molecular flexibility index (Phi) is 5.40. The SMILES string of the molecule is CN(C)CCCN(C(=O)c1ccccc1F)c1nc2ccccc2s1. The van der Waals surface area contributed by atoms with Crippen molar-refractivity contribution < 1.29 is 9.18 Å². The highest BCUT2D eigenvalue weighted by atomic mass is 32.1. The molecule has 0 fully saturated rings. The lowest BCUT2D eigenvalue weighted by molar-refractivity contribution is 0.0982. The molecule has 0 saturated heterocycles. The number of carbonyl (C=O) groups excluding carboxylic acids is 1. The molecule has 25 heavy (non-hydrogen) atoms. The van der Waals surface area contributed by atoms with Crippen LogP contribution < -0.4 is 4.90 Å². The second kappa shape index (κ2) is 7.72. The maximum Gasteiger partial charge on any atom is 0.263 e. The van der Waals surface area contributed by atoms with Crippen molar-refractivity contribution in [2.24, 2.45) is 0 Å². The summed E-state index contributed by atoms with van der Waals surface area (Å²) in [6, 6.07) is 13.8. The average Bonchev–Trinajstić information content (AvgIpc) is 3.02. The predicted molar refractivity (Wildman–Crippen MR) is 101 cm³/mol. The standard InChI is InChI=1S/C19H20FN3OS/c1-22(2)12-7-13-23(18(24)14-8-3-4-9-15(14)20)19-21-16-10-5-6-11-17(16)25-19/h3-6,8-11H,7,12-13H2,1-2H3. The Morgan fingerprint density at radius 2 is 1.80 bits per heavy atom. The minimum Gasteiger partial charge on any atom is -0.309 e. The smallest absolute Gasteiger partial charge is 0.263 e. The summed E-state index contributed by atoms with van der Waals surface area (Å²) in [7, 11) is 3.97. The van der Waals surface area contributed by atoms with E-state index in [1.807, 2.05) is 38.4 Å². The predicted octanol–water partition coefficient (Wildman–Crippen LogP) is 4.03. The molecule has 4 nitrogen and oxygen atoms in total. The van der Waals surface area contributed by atoms with Crippen molar-refractivity contribution in [3.8, 4) is 0 Å². The number of carbonyl (C=O) groups is 1. The summed E-state index contributed by atoms with van der Waals surface area (Å²) in [4.78, 5) is 21.2. The van der Waals surface area contributed by atoms with Gasteiger partial charge in [0.25, 0.3) is 5.91 Å². The fourth-order valence-electron chi connectivity index (χ4n) is 2.58. The van der Waals surface area contributed by atoms with E-state index in [1.165, 1.54) is 23.5 Å². The van der Waals surface area contributed by atoms with Gasteiger partial charge in [0.05, 0.1) is 15.8 Å². The summed E-state index contributed by atoms with van der Waals surface area (Å²) in [5, 5.41) is 0.605. The van der Waals surface area contributed by atoms with Crippen LogP contribution in [0.4, 0.5) is 9.52 Å². The Bertz CT molecular complexity index is 845. The van der Waals surface area contributed by atoms with Crippen LogP contribution in [0, 0.1) is 5.82 Å². The van der Waals surface area contributed by atoms with Gasteiger partial charge in [-0.25, -0.2) is 9.37 Å². The van der Waals surface area contributed by atoms with E-state index in [1.54, 1.807) is 17.0 Å². The number of nitrogens with zero attached hydrogens (tertiary/aromatic N) is 3. The molecule has 2 aromatic carbocycles. The van der Waals surface area contributed by atoms with Gasteiger partial charge in [-0.1, -0.05) is 35.6 Å². The highest BCUT2D eigenvalue weighted by Gasteiger charge is 2.23. The fraction of sp³-hybridized carbons (Fsp3) is 0.263. The van der Waals surface area contributed by atoms with E-state index in [0.717, 1.165) is 23.2 Å². The number of halogens is 1. The molecular weight excluding hydrogens is 337 g/mol. The quantitative estimate of drug-likeness (QED) is 0.668. The fourth-order valence-corrected chi connectivity index (χ4v) is 3.57. The zero-order chi connectivity index (χ0) is 17.8. The van der Waals surface area contributed by atoms with E-state index in [2.05, 4.69) is 9.88 Å². The number of rotatable bonds is 6. The van der Waals surface area contributed by atoms with Gasteiger partial charge in [0, 0.05) is 6.54 Å². The molecule has 3 rings (SSSR count). The van der Waals surface area contributed by atoms with Gasteiger partial charge in [-0.15, -0.1) is 0 Å². The van der Waals surface area contributed by atoms with Crippen LogP contribution in [0.1, 0.15) is 16.8 Å². The van der Waals surface area contributed by atoms with Crippen LogP contribution in [0.5, 0.6) is 0 Å². The molecule has 0 aliphatic carbocycles. The molecule has 0 unspecified atom stereocenters. The van der Waals surface area contributed by atoms with Crippen molar-refractivity contribution in [3.05, 3.63) is 59.9 Å². The summed E-state index contributed by atoms with van der Waals surface area (Å²) in [5.74, 6) is -0.859. The number of amides is 1. The first-order valence-electron chi connectivity index (χ1n) is 8.13. The van der Waals surface area contributed by atoms with Gasteiger partial charge in [-0.05, 0) is 51.3 Å². The number of benzene rings is 2. The van der Waals surface area contributed by atoms with Crippen molar-refractivity contribution in [2.75, 3.05) is 32.1 Å². The summed E-state index contributed by atoms with van der Waals surface area (Å²) in [5.41, 5.74) is 0.924. The van der Waals surface area contributed by atoms with E-state index >= 15 is 0 Å². The van der Waals surface area contributed by atoms with Gasteiger partial charge >= 0.3 is 0 Å². The summed E-state index contributed by atoms with van der Waals surface area (Å²) < 4.78 is 15.1. The van der Waals surface area contributed by atoms with Crippen LogP contribution in [-0.4, -0.2) is 43.0 Å². The Morgan fingerprint density at radius 1 is 1.08 bits per heavy atom. The monoisotopic (exact) mass is 357 g/mol. The molecule has 1 amide bonds. The minimum absolute atomic E-state index is 0.0756. The van der Waals surface area contributed by atoms with Crippen molar-refractivity contribution >= 4 is 32.6 Å². The minimum atomic E-state index is -0.508. The van der Waals surface area contributed by atoms with Crippen LogP contribution in [0.25, 0.3) is 10.2 Å². The zero-order valence-electron chi connectivity index (χ0n) is 14.3. The normalized spacial score (nSPS) is 11.2. The number of para-hydroxylation sites is 1. The van der Waals surface area contributed by atoms with Crippen LogP contribution in [-0.2, 0) is 0 Å². The maximum atomic E-state index is 14.1. The van der Waals surface area contributed by atoms with Gasteiger partial charge in [-0.2, -0.15) is 0 Å². The van der Waals surface area contributed by atoms with E-state index < -0.39 is 5.82 Å². The Balaban J connectivity index is 1.94. The molecule has 0 aliphatic heterocycles. The molecule has 3 aromatic rings. The Hall–Kier alpha value is -2.31. The van der Waals surface area contributed by atoms with Gasteiger partial charge in [0.2, 0.25) is 0 Å². The van der Waals surface area contributed by atoms with Crippen LogP contribution in [0.2, 0.25) is 0 Å². The molecule has 0 atom stereocenters. The lowest BCUT2D eigenvalue weighted by atomic mass is 10.2. The molecule has 0 N–H and O–H groups in total. The zero-order valence-corrected chi connectivity index (χ0v) is 15.1. The molecule has 0 saturated carbocycles. The molecule has 130 valence electrons.